The molecule has 0 saturated heterocycles. The Morgan fingerprint density at radius 2 is 1.82 bits per heavy atom. The largest absolute Gasteiger partial charge is 0.433 e. The molecule has 3 aromatic rings. The predicted octanol–water partition coefficient (Wildman–Crippen LogP) is 4.24. The van der Waals surface area contributed by atoms with Crippen LogP contribution in [0.5, 0.6) is 0 Å². The fraction of sp³-hybridized carbons (Fsp3) is 0. The van der Waals surface area contributed by atoms with Gasteiger partial charge in [0, 0.05) is 5.56 Å². The van der Waals surface area contributed by atoms with Gasteiger partial charge in [-0.25, -0.2) is 0 Å². The number of furan rings is 1. The van der Waals surface area contributed by atoms with Gasteiger partial charge in [0.05, 0.1) is 6.07 Å². The minimum Gasteiger partial charge on any atom is -0.401 e. The van der Waals surface area contributed by atoms with E-state index in [2.05, 4.69) is 0 Å². The van der Waals surface area contributed by atoms with Crippen molar-refractivity contribution in [3.63, 3.8) is 0 Å². The van der Waals surface area contributed by atoms with Crippen LogP contribution < -0.4 is 0 Å². The van der Waals surface area contributed by atoms with Crippen LogP contribution in [0, 0.1) is 10.1 Å². The van der Waals surface area contributed by atoms with E-state index in [1.807, 2.05) is 36.4 Å². The Bertz CT molecular complexity index is 892. The number of benzene rings is 2. The van der Waals surface area contributed by atoms with Gasteiger partial charge in [0.25, 0.3) is 0 Å². The molecule has 0 atom stereocenters. The lowest BCUT2D eigenvalue weighted by molar-refractivity contribution is -0.402. The van der Waals surface area contributed by atoms with Crippen molar-refractivity contribution in [1.29, 1.82) is 0 Å². The van der Waals surface area contributed by atoms with E-state index in [1.54, 1.807) is 6.07 Å². The number of nitro groups is 1. The summed E-state index contributed by atoms with van der Waals surface area (Å²) in [5.41, 5.74) is 0.552. The van der Waals surface area contributed by atoms with Crippen LogP contribution in [0.2, 0.25) is 0 Å². The average Bonchev–Trinajstić information content (AvgIpc) is 3.01. The molecule has 0 fully saturated rings. The second-order valence-electron chi connectivity index (χ2n) is 4.69. The normalized spacial score (nSPS) is 11.1. The quantitative estimate of drug-likeness (QED) is 0.312. The first-order valence-electron chi connectivity index (χ1n) is 6.59. The SMILES string of the molecule is O=C(C=Cc1ccc([N+](=O)[O-])o1)c1ccc2ccccc2c1. The van der Waals surface area contributed by atoms with Crippen molar-refractivity contribution in [2.75, 3.05) is 0 Å². The first-order chi connectivity index (χ1) is 10.6. The molecule has 0 bridgehead atoms. The number of rotatable bonds is 4. The number of ketones is 1. The van der Waals surface area contributed by atoms with Crippen molar-refractivity contribution in [1.82, 2.24) is 0 Å². The van der Waals surface area contributed by atoms with E-state index in [1.165, 1.54) is 24.3 Å². The lowest BCUT2D eigenvalue weighted by Gasteiger charge is -2.00. The molecule has 0 aliphatic rings. The lowest BCUT2D eigenvalue weighted by Crippen LogP contribution is -1.93. The van der Waals surface area contributed by atoms with Crippen molar-refractivity contribution in [3.8, 4) is 0 Å². The summed E-state index contributed by atoms with van der Waals surface area (Å²) in [5.74, 6) is -0.275. The fourth-order valence-corrected chi connectivity index (χ4v) is 2.13. The summed E-state index contributed by atoms with van der Waals surface area (Å²) in [7, 11) is 0. The predicted molar refractivity (Wildman–Crippen MR) is 82.7 cm³/mol. The Morgan fingerprint density at radius 1 is 1.05 bits per heavy atom. The number of allylic oxidation sites excluding steroid dienone is 1. The first kappa shape index (κ1) is 13.8. The molecule has 1 heterocycles. The van der Waals surface area contributed by atoms with Crippen LogP contribution in [0.25, 0.3) is 16.8 Å². The zero-order chi connectivity index (χ0) is 15.5. The molecule has 0 aliphatic heterocycles. The van der Waals surface area contributed by atoms with E-state index in [4.69, 9.17) is 4.42 Å². The average molecular weight is 293 g/mol. The zero-order valence-corrected chi connectivity index (χ0v) is 11.4. The highest BCUT2D eigenvalue weighted by atomic mass is 16.6. The van der Waals surface area contributed by atoms with Crippen LogP contribution in [0.4, 0.5) is 5.88 Å². The van der Waals surface area contributed by atoms with Gasteiger partial charge in [-0.2, -0.15) is 0 Å². The van der Waals surface area contributed by atoms with Gasteiger partial charge >= 0.3 is 5.88 Å². The highest BCUT2D eigenvalue weighted by molar-refractivity contribution is 6.08. The molecule has 5 nitrogen and oxygen atoms in total. The third-order valence-electron chi connectivity index (χ3n) is 3.23. The summed E-state index contributed by atoms with van der Waals surface area (Å²) in [6.45, 7) is 0. The van der Waals surface area contributed by atoms with Crippen molar-refractivity contribution < 1.29 is 14.1 Å². The van der Waals surface area contributed by atoms with E-state index >= 15 is 0 Å². The second kappa shape index (κ2) is 5.65. The maximum atomic E-state index is 12.1. The summed E-state index contributed by atoms with van der Waals surface area (Å²) in [4.78, 5) is 22.0. The topological polar surface area (TPSA) is 73.3 Å². The van der Waals surface area contributed by atoms with E-state index in [0.717, 1.165) is 10.8 Å². The Balaban J connectivity index is 1.82. The lowest BCUT2D eigenvalue weighted by atomic mass is 10.0. The Kier molecular flexibility index (Phi) is 3.53. The molecule has 0 N–H and O–H groups in total. The minimum absolute atomic E-state index is 0.190. The summed E-state index contributed by atoms with van der Waals surface area (Å²) < 4.78 is 4.96. The number of hydrogen-bond acceptors (Lipinski definition) is 4. The summed E-state index contributed by atoms with van der Waals surface area (Å²) in [6, 6.07) is 15.9. The molecular formula is C17H11NO4. The molecule has 1 aromatic heterocycles. The van der Waals surface area contributed by atoms with Crippen LogP contribution in [0.15, 0.2) is 65.1 Å². The Morgan fingerprint density at radius 3 is 2.55 bits per heavy atom. The smallest absolute Gasteiger partial charge is 0.401 e. The zero-order valence-electron chi connectivity index (χ0n) is 11.4. The molecule has 0 amide bonds. The van der Waals surface area contributed by atoms with Gasteiger partial charge in [-0.05, 0) is 35.1 Å². The molecule has 0 aliphatic carbocycles. The molecule has 5 heteroatoms. The van der Waals surface area contributed by atoms with Crippen molar-refractivity contribution >= 4 is 28.5 Å². The monoisotopic (exact) mass is 293 g/mol. The van der Waals surface area contributed by atoms with Gasteiger partial charge in [0.2, 0.25) is 0 Å². The molecule has 3 rings (SSSR count). The molecule has 0 saturated carbocycles. The van der Waals surface area contributed by atoms with E-state index in [9.17, 15) is 14.9 Å². The third-order valence-corrected chi connectivity index (χ3v) is 3.23. The first-order valence-corrected chi connectivity index (χ1v) is 6.59. The number of carbonyl (C=O) groups is 1. The van der Waals surface area contributed by atoms with Crippen LogP contribution in [-0.4, -0.2) is 10.7 Å². The van der Waals surface area contributed by atoms with Gasteiger partial charge < -0.3 is 4.42 Å². The van der Waals surface area contributed by atoms with Gasteiger partial charge in [0.15, 0.2) is 5.78 Å². The second-order valence-corrected chi connectivity index (χ2v) is 4.69. The van der Waals surface area contributed by atoms with Gasteiger partial charge in [-0.1, -0.05) is 36.4 Å². The van der Waals surface area contributed by atoms with Crippen molar-refractivity contribution in [3.05, 3.63) is 82.1 Å². The minimum atomic E-state index is -0.623. The van der Waals surface area contributed by atoms with Crippen LogP contribution >= 0.6 is 0 Å². The van der Waals surface area contributed by atoms with Gasteiger partial charge in [-0.3, -0.25) is 14.9 Å². The highest BCUT2D eigenvalue weighted by Crippen LogP contribution is 2.18. The van der Waals surface area contributed by atoms with Crippen molar-refractivity contribution in [2.24, 2.45) is 0 Å². The standard InChI is InChI=1S/C17H11NO4/c19-16(9-7-15-8-10-17(22-15)18(20)21)14-6-5-12-3-1-2-4-13(12)11-14/h1-11H. The van der Waals surface area contributed by atoms with E-state index < -0.39 is 4.92 Å². The van der Waals surface area contributed by atoms with E-state index in [-0.39, 0.29) is 17.4 Å². The van der Waals surface area contributed by atoms with Gasteiger partial charge in [0.1, 0.15) is 10.7 Å². The number of nitrogens with zero attached hydrogens (tertiary/aromatic N) is 1. The molecule has 2 aromatic carbocycles. The molecule has 0 radical (unpaired) electrons. The summed E-state index contributed by atoms with van der Waals surface area (Å²) >= 11 is 0. The molecule has 0 spiro atoms. The van der Waals surface area contributed by atoms with Crippen LogP contribution in [-0.2, 0) is 0 Å². The molecule has 108 valence electrons. The third kappa shape index (κ3) is 2.78. The number of hydrogen-bond donors (Lipinski definition) is 0. The Hall–Kier alpha value is -3.21. The summed E-state index contributed by atoms with van der Waals surface area (Å²) in [5, 5.41) is 12.6. The van der Waals surface area contributed by atoms with Crippen LogP contribution in [0.1, 0.15) is 16.1 Å². The maximum absolute atomic E-state index is 12.1. The highest BCUT2D eigenvalue weighted by Gasteiger charge is 2.10. The number of carbonyl (C=O) groups excluding carboxylic acids is 1. The molecular weight excluding hydrogens is 282 g/mol. The Labute approximate surface area is 125 Å². The van der Waals surface area contributed by atoms with E-state index in [0.29, 0.717) is 5.56 Å². The van der Waals surface area contributed by atoms with Gasteiger partial charge in [-0.15, -0.1) is 0 Å². The maximum Gasteiger partial charge on any atom is 0.433 e. The molecule has 0 unspecified atom stereocenters. The van der Waals surface area contributed by atoms with Crippen molar-refractivity contribution in [2.45, 2.75) is 0 Å². The number of fused-ring (bicyclic) bond motifs is 1. The summed E-state index contributed by atoms with van der Waals surface area (Å²) in [6.07, 6.45) is 2.76. The fourth-order valence-electron chi connectivity index (χ4n) is 2.13. The van der Waals surface area contributed by atoms with Crippen LogP contribution in [0.3, 0.4) is 0 Å². The molecule has 22 heavy (non-hydrogen) atoms.